The van der Waals surface area contributed by atoms with Crippen LogP contribution in [0.4, 0.5) is 5.82 Å². The highest BCUT2D eigenvalue weighted by Gasteiger charge is 2.18. The van der Waals surface area contributed by atoms with Gasteiger partial charge in [-0.15, -0.1) is 0 Å². The highest BCUT2D eigenvalue weighted by molar-refractivity contribution is 6.30. The average molecular weight is 291 g/mol. The number of rotatable bonds is 4. The summed E-state index contributed by atoms with van der Waals surface area (Å²) in [5.74, 6) is 0.493. The van der Waals surface area contributed by atoms with E-state index in [0.717, 1.165) is 29.1 Å². The minimum absolute atomic E-state index is 0.0356. The Labute approximate surface area is 124 Å². The van der Waals surface area contributed by atoms with Crippen LogP contribution in [0.15, 0.2) is 24.4 Å². The Bertz CT molecular complexity index is 593. The topological polar surface area (TPSA) is 63.8 Å². The molecule has 1 unspecified atom stereocenters. The number of aromatic nitrogens is 2. The Morgan fingerprint density at radius 2 is 1.90 bits per heavy atom. The van der Waals surface area contributed by atoms with E-state index in [1.54, 1.807) is 6.20 Å². The Morgan fingerprint density at radius 3 is 2.50 bits per heavy atom. The van der Waals surface area contributed by atoms with Crippen molar-refractivity contribution in [2.75, 3.05) is 12.3 Å². The van der Waals surface area contributed by atoms with Crippen molar-refractivity contribution in [2.45, 2.75) is 26.8 Å². The zero-order valence-electron chi connectivity index (χ0n) is 11.9. The molecule has 0 fully saturated rings. The molecule has 0 saturated carbocycles. The van der Waals surface area contributed by atoms with Crippen LogP contribution in [-0.4, -0.2) is 16.5 Å². The predicted molar refractivity (Wildman–Crippen MR) is 82.9 cm³/mol. The van der Waals surface area contributed by atoms with Gasteiger partial charge in [-0.3, -0.25) is 4.98 Å². The first-order chi connectivity index (χ1) is 9.51. The van der Waals surface area contributed by atoms with E-state index in [0.29, 0.717) is 10.8 Å². The fraction of sp³-hybridized carbons (Fsp3) is 0.333. The van der Waals surface area contributed by atoms with Crippen LogP contribution >= 0.6 is 11.6 Å². The second kappa shape index (κ2) is 6.20. The minimum Gasteiger partial charge on any atom is -0.383 e. The molecule has 1 atom stereocenters. The third-order valence-corrected chi connectivity index (χ3v) is 3.28. The van der Waals surface area contributed by atoms with E-state index in [1.807, 2.05) is 19.9 Å². The van der Waals surface area contributed by atoms with Crippen LogP contribution in [0.3, 0.4) is 0 Å². The summed E-state index contributed by atoms with van der Waals surface area (Å²) in [6.07, 6.45) is 1.56. The van der Waals surface area contributed by atoms with Gasteiger partial charge in [0.05, 0.1) is 11.1 Å². The van der Waals surface area contributed by atoms with Crippen molar-refractivity contribution in [2.24, 2.45) is 0 Å². The molecule has 2 rings (SSSR count). The Balaban J connectivity index is 2.52. The highest BCUT2D eigenvalue weighted by Crippen LogP contribution is 2.28. The highest BCUT2D eigenvalue weighted by atomic mass is 35.5. The number of nitrogens with zero attached hydrogens (tertiary/aromatic N) is 2. The van der Waals surface area contributed by atoms with E-state index in [4.69, 9.17) is 17.3 Å². The van der Waals surface area contributed by atoms with E-state index in [9.17, 15) is 0 Å². The number of nitrogen functional groups attached to an aromatic ring is 1. The van der Waals surface area contributed by atoms with Gasteiger partial charge in [-0.1, -0.05) is 18.5 Å². The van der Waals surface area contributed by atoms with Crippen molar-refractivity contribution >= 4 is 17.4 Å². The standard InChI is InChI=1S/C15H19ClN4/c1-4-18-14(11-5-9(2)20-10(3)6-11)13-7-12(16)8-19-15(13)17/h5-8,14,18H,4H2,1-3H3,(H2,17,19). The largest absolute Gasteiger partial charge is 0.383 e. The monoisotopic (exact) mass is 290 g/mol. The van der Waals surface area contributed by atoms with Crippen LogP contribution < -0.4 is 11.1 Å². The van der Waals surface area contributed by atoms with Crippen molar-refractivity contribution < 1.29 is 0 Å². The SMILES string of the molecule is CCNC(c1cc(C)nc(C)c1)c1cc(Cl)cnc1N. The van der Waals surface area contributed by atoms with Gasteiger partial charge in [-0.05, 0) is 44.2 Å². The summed E-state index contributed by atoms with van der Waals surface area (Å²) in [5, 5.41) is 4.01. The first kappa shape index (κ1) is 14.8. The maximum absolute atomic E-state index is 6.05. The van der Waals surface area contributed by atoms with Gasteiger partial charge in [0.1, 0.15) is 5.82 Å². The molecule has 2 heterocycles. The molecule has 20 heavy (non-hydrogen) atoms. The van der Waals surface area contributed by atoms with Crippen LogP contribution in [0.25, 0.3) is 0 Å². The number of hydrogen-bond donors (Lipinski definition) is 2. The van der Waals surface area contributed by atoms with E-state index in [1.165, 1.54) is 0 Å². The summed E-state index contributed by atoms with van der Waals surface area (Å²) in [7, 11) is 0. The number of nitrogens with one attached hydrogen (secondary N) is 1. The van der Waals surface area contributed by atoms with Crippen molar-refractivity contribution in [3.8, 4) is 0 Å². The smallest absolute Gasteiger partial charge is 0.128 e. The Kier molecular flexibility index (Phi) is 4.57. The van der Waals surface area contributed by atoms with E-state index in [-0.39, 0.29) is 6.04 Å². The molecule has 0 aliphatic carbocycles. The normalized spacial score (nSPS) is 12.4. The van der Waals surface area contributed by atoms with E-state index >= 15 is 0 Å². The van der Waals surface area contributed by atoms with Gasteiger partial charge in [0, 0.05) is 23.1 Å². The van der Waals surface area contributed by atoms with Gasteiger partial charge < -0.3 is 11.1 Å². The van der Waals surface area contributed by atoms with E-state index in [2.05, 4.69) is 34.3 Å². The molecular weight excluding hydrogens is 272 g/mol. The molecule has 0 aliphatic heterocycles. The van der Waals surface area contributed by atoms with Crippen molar-refractivity contribution in [3.05, 3.63) is 51.9 Å². The number of hydrogen-bond acceptors (Lipinski definition) is 4. The summed E-state index contributed by atoms with van der Waals surface area (Å²) < 4.78 is 0. The maximum Gasteiger partial charge on any atom is 0.128 e. The van der Waals surface area contributed by atoms with Crippen molar-refractivity contribution in [3.63, 3.8) is 0 Å². The Hall–Kier alpha value is -1.65. The molecular formula is C15H19ClN4. The van der Waals surface area contributed by atoms with Gasteiger partial charge in [-0.2, -0.15) is 0 Å². The van der Waals surface area contributed by atoms with Crippen LogP contribution in [0.1, 0.15) is 35.5 Å². The third-order valence-electron chi connectivity index (χ3n) is 3.07. The molecule has 0 bridgehead atoms. The number of aryl methyl sites for hydroxylation is 2. The Morgan fingerprint density at radius 1 is 1.25 bits per heavy atom. The molecule has 4 nitrogen and oxygen atoms in total. The van der Waals surface area contributed by atoms with Gasteiger partial charge in [-0.25, -0.2) is 4.98 Å². The first-order valence-corrected chi connectivity index (χ1v) is 6.98. The minimum atomic E-state index is -0.0356. The van der Waals surface area contributed by atoms with Gasteiger partial charge >= 0.3 is 0 Å². The summed E-state index contributed by atoms with van der Waals surface area (Å²) in [5.41, 5.74) is 9.99. The molecule has 0 spiro atoms. The molecule has 3 N–H and O–H groups in total. The summed E-state index contributed by atoms with van der Waals surface area (Å²) in [4.78, 5) is 8.55. The predicted octanol–water partition coefficient (Wildman–Crippen LogP) is 3.03. The molecule has 0 radical (unpaired) electrons. The number of nitrogens with two attached hydrogens (primary N) is 1. The van der Waals surface area contributed by atoms with Crippen LogP contribution in [0.5, 0.6) is 0 Å². The fourth-order valence-corrected chi connectivity index (χ4v) is 2.51. The molecule has 2 aromatic heterocycles. The lowest BCUT2D eigenvalue weighted by atomic mass is 9.98. The lowest BCUT2D eigenvalue weighted by Crippen LogP contribution is -2.23. The van der Waals surface area contributed by atoms with E-state index < -0.39 is 0 Å². The average Bonchev–Trinajstić information content (AvgIpc) is 2.38. The lowest BCUT2D eigenvalue weighted by Gasteiger charge is -2.21. The number of pyridine rings is 2. The number of anilines is 1. The molecule has 0 aromatic carbocycles. The molecule has 5 heteroatoms. The molecule has 0 amide bonds. The quantitative estimate of drug-likeness (QED) is 0.908. The van der Waals surface area contributed by atoms with Gasteiger partial charge in [0.2, 0.25) is 0 Å². The second-order valence-electron chi connectivity index (χ2n) is 4.80. The molecule has 106 valence electrons. The van der Waals surface area contributed by atoms with Crippen LogP contribution in [0, 0.1) is 13.8 Å². The zero-order valence-corrected chi connectivity index (χ0v) is 12.7. The zero-order chi connectivity index (χ0) is 14.7. The third kappa shape index (κ3) is 3.26. The van der Waals surface area contributed by atoms with Crippen LogP contribution in [0.2, 0.25) is 5.02 Å². The fourth-order valence-electron chi connectivity index (χ4n) is 2.34. The van der Waals surface area contributed by atoms with Crippen LogP contribution in [-0.2, 0) is 0 Å². The van der Waals surface area contributed by atoms with Crippen molar-refractivity contribution in [1.82, 2.24) is 15.3 Å². The number of halogens is 1. The molecule has 0 aliphatic rings. The molecule has 2 aromatic rings. The second-order valence-corrected chi connectivity index (χ2v) is 5.24. The molecule has 0 saturated heterocycles. The first-order valence-electron chi connectivity index (χ1n) is 6.60. The lowest BCUT2D eigenvalue weighted by molar-refractivity contribution is 0.628. The van der Waals surface area contributed by atoms with Gasteiger partial charge in [0.25, 0.3) is 0 Å². The van der Waals surface area contributed by atoms with Gasteiger partial charge in [0.15, 0.2) is 0 Å². The summed E-state index contributed by atoms with van der Waals surface area (Å²) >= 11 is 6.05. The maximum atomic E-state index is 6.05. The summed E-state index contributed by atoms with van der Waals surface area (Å²) in [6, 6.07) is 5.94. The van der Waals surface area contributed by atoms with Crippen molar-refractivity contribution in [1.29, 1.82) is 0 Å². The summed E-state index contributed by atoms with van der Waals surface area (Å²) in [6.45, 7) is 6.84.